The van der Waals surface area contributed by atoms with E-state index in [0.717, 1.165) is 21.0 Å². The molecule has 0 radical (unpaired) electrons. The van der Waals surface area contributed by atoms with Gasteiger partial charge in [0.05, 0.1) is 16.8 Å². The highest BCUT2D eigenvalue weighted by atomic mass is 32.1. The summed E-state index contributed by atoms with van der Waals surface area (Å²) in [5, 5.41) is 3.55. The number of para-hydroxylation sites is 2. The summed E-state index contributed by atoms with van der Waals surface area (Å²) in [6.45, 7) is 0.784. The topological polar surface area (TPSA) is 64.4 Å². The van der Waals surface area contributed by atoms with Crippen LogP contribution in [0, 0.1) is 0 Å². The van der Waals surface area contributed by atoms with Crippen LogP contribution in [0.1, 0.15) is 10.6 Å². The fraction of sp³-hybridized carbons (Fsp3) is 0.100. The summed E-state index contributed by atoms with van der Waals surface area (Å²) >= 11 is 1.54. The van der Waals surface area contributed by atoms with Crippen molar-refractivity contribution in [3.63, 3.8) is 0 Å². The molecule has 2 aromatic heterocycles. The average molecular weight is 364 g/mol. The molecular weight excluding hydrogens is 348 g/mol. The van der Waals surface area contributed by atoms with Crippen molar-refractivity contribution >= 4 is 27.5 Å². The fourth-order valence-electron chi connectivity index (χ4n) is 2.49. The molecule has 5 nitrogen and oxygen atoms in total. The van der Waals surface area contributed by atoms with E-state index < -0.39 is 0 Å². The van der Waals surface area contributed by atoms with Gasteiger partial charge >= 0.3 is 0 Å². The Morgan fingerprint density at radius 3 is 2.69 bits per heavy atom. The minimum Gasteiger partial charge on any atom is -0.492 e. The van der Waals surface area contributed by atoms with E-state index in [-0.39, 0.29) is 11.7 Å². The Balaban J connectivity index is 1.35. The van der Waals surface area contributed by atoms with Crippen molar-refractivity contribution in [1.82, 2.24) is 10.3 Å². The second-order valence-corrected chi connectivity index (χ2v) is 6.60. The quantitative estimate of drug-likeness (QED) is 0.516. The molecule has 0 unspecified atom stereocenters. The maximum Gasteiger partial charge on any atom is 0.287 e. The van der Waals surface area contributed by atoms with Crippen LogP contribution < -0.4 is 10.1 Å². The number of rotatable bonds is 6. The summed E-state index contributed by atoms with van der Waals surface area (Å²) in [6, 6.07) is 20.8. The van der Waals surface area contributed by atoms with E-state index in [1.807, 2.05) is 54.6 Å². The van der Waals surface area contributed by atoms with E-state index in [2.05, 4.69) is 10.3 Å². The van der Waals surface area contributed by atoms with Gasteiger partial charge in [0.2, 0.25) is 0 Å². The lowest BCUT2D eigenvalue weighted by Crippen LogP contribution is -2.27. The van der Waals surface area contributed by atoms with E-state index >= 15 is 0 Å². The molecule has 1 N–H and O–H groups in total. The zero-order chi connectivity index (χ0) is 17.8. The van der Waals surface area contributed by atoms with Crippen LogP contribution in [-0.4, -0.2) is 24.0 Å². The molecule has 0 saturated heterocycles. The van der Waals surface area contributed by atoms with Crippen molar-refractivity contribution < 1.29 is 13.9 Å². The van der Waals surface area contributed by atoms with Gasteiger partial charge in [-0.05, 0) is 36.4 Å². The Hall–Kier alpha value is -3.12. The van der Waals surface area contributed by atoms with Crippen LogP contribution in [0.4, 0.5) is 0 Å². The summed E-state index contributed by atoms with van der Waals surface area (Å²) in [4.78, 5) is 16.7. The van der Waals surface area contributed by atoms with Crippen molar-refractivity contribution in [3.8, 4) is 16.5 Å². The van der Waals surface area contributed by atoms with Crippen LogP contribution >= 0.6 is 11.3 Å². The number of ether oxygens (including phenoxy) is 1. The minimum absolute atomic E-state index is 0.263. The van der Waals surface area contributed by atoms with Crippen molar-refractivity contribution in [1.29, 1.82) is 0 Å². The normalized spacial score (nSPS) is 10.8. The van der Waals surface area contributed by atoms with E-state index in [9.17, 15) is 4.79 Å². The highest BCUT2D eigenvalue weighted by Gasteiger charge is 2.14. The summed E-state index contributed by atoms with van der Waals surface area (Å²) in [6.07, 6.45) is 0. The zero-order valence-corrected chi connectivity index (χ0v) is 14.7. The second kappa shape index (κ2) is 7.41. The highest BCUT2D eigenvalue weighted by Crippen LogP contribution is 2.31. The smallest absolute Gasteiger partial charge is 0.287 e. The third-order valence-electron chi connectivity index (χ3n) is 3.73. The molecule has 2 heterocycles. The molecule has 0 aliphatic carbocycles. The van der Waals surface area contributed by atoms with Crippen LogP contribution in [0.5, 0.6) is 5.75 Å². The lowest BCUT2D eigenvalue weighted by atomic mass is 10.3. The number of nitrogens with one attached hydrogen (secondary N) is 1. The van der Waals surface area contributed by atoms with Gasteiger partial charge in [0, 0.05) is 0 Å². The van der Waals surface area contributed by atoms with Crippen molar-refractivity contribution in [2.45, 2.75) is 0 Å². The first-order valence-corrected chi connectivity index (χ1v) is 9.03. The Morgan fingerprint density at radius 2 is 1.85 bits per heavy atom. The number of thiazole rings is 1. The van der Waals surface area contributed by atoms with Gasteiger partial charge in [-0.3, -0.25) is 4.79 Å². The number of hydrogen-bond donors (Lipinski definition) is 1. The van der Waals surface area contributed by atoms with E-state index in [1.165, 1.54) is 11.3 Å². The molecule has 0 aliphatic rings. The van der Waals surface area contributed by atoms with Crippen LogP contribution in [0.2, 0.25) is 0 Å². The van der Waals surface area contributed by atoms with Gasteiger partial charge in [0.15, 0.2) is 16.5 Å². The molecule has 1 amide bonds. The number of amides is 1. The Kier molecular flexibility index (Phi) is 4.66. The van der Waals surface area contributed by atoms with Gasteiger partial charge in [-0.2, -0.15) is 0 Å². The third kappa shape index (κ3) is 3.60. The van der Waals surface area contributed by atoms with Crippen LogP contribution in [0.15, 0.2) is 71.1 Å². The molecule has 4 rings (SSSR count). The predicted octanol–water partition coefficient (Wildman–Crippen LogP) is 4.37. The molecule has 130 valence electrons. The molecule has 0 bridgehead atoms. The molecule has 0 aliphatic heterocycles. The Labute approximate surface area is 154 Å². The molecule has 6 heteroatoms. The molecule has 4 aromatic rings. The average Bonchev–Trinajstić information content (AvgIpc) is 3.32. The Bertz CT molecular complexity index is 991. The third-order valence-corrected chi connectivity index (χ3v) is 4.78. The first-order valence-electron chi connectivity index (χ1n) is 8.21. The number of nitrogens with zero attached hydrogens (tertiary/aromatic N) is 1. The standard InChI is InChI=1S/C20H16N2O3S/c23-19(21-12-13-24-14-6-2-1-3-7-14)16-10-11-17(25-16)20-22-15-8-4-5-9-18(15)26-20/h1-11H,12-13H2,(H,21,23). The fourth-order valence-corrected chi connectivity index (χ4v) is 3.42. The second-order valence-electron chi connectivity index (χ2n) is 5.57. The minimum atomic E-state index is -0.269. The van der Waals surface area contributed by atoms with Gasteiger partial charge in [0.25, 0.3) is 5.91 Å². The lowest BCUT2D eigenvalue weighted by Gasteiger charge is -2.06. The number of furan rings is 1. The van der Waals surface area contributed by atoms with E-state index in [0.29, 0.717) is 18.9 Å². The van der Waals surface area contributed by atoms with Gasteiger partial charge in [-0.15, -0.1) is 11.3 Å². The number of carbonyl (C=O) groups excluding carboxylic acids is 1. The maximum absolute atomic E-state index is 12.2. The molecule has 26 heavy (non-hydrogen) atoms. The first kappa shape index (κ1) is 16.4. The number of benzene rings is 2. The molecule has 0 fully saturated rings. The molecule has 0 spiro atoms. The number of hydrogen-bond acceptors (Lipinski definition) is 5. The van der Waals surface area contributed by atoms with Crippen molar-refractivity contribution in [2.24, 2.45) is 0 Å². The van der Waals surface area contributed by atoms with Gasteiger partial charge < -0.3 is 14.5 Å². The zero-order valence-electron chi connectivity index (χ0n) is 13.8. The monoisotopic (exact) mass is 364 g/mol. The Morgan fingerprint density at radius 1 is 1.04 bits per heavy atom. The van der Waals surface area contributed by atoms with E-state index in [1.54, 1.807) is 12.1 Å². The van der Waals surface area contributed by atoms with Crippen molar-refractivity contribution in [2.75, 3.05) is 13.2 Å². The predicted molar refractivity (Wildman–Crippen MR) is 102 cm³/mol. The van der Waals surface area contributed by atoms with Gasteiger partial charge in [-0.25, -0.2) is 4.98 Å². The summed E-state index contributed by atoms with van der Waals surface area (Å²) in [7, 11) is 0. The molecular formula is C20H16N2O3S. The summed E-state index contributed by atoms with van der Waals surface area (Å²) < 4.78 is 12.3. The molecule has 0 saturated carbocycles. The molecule has 2 aromatic carbocycles. The molecule has 0 atom stereocenters. The van der Waals surface area contributed by atoms with Crippen LogP contribution in [0.25, 0.3) is 21.0 Å². The SMILES string of the molecule is O=C(NCCOc1ccccc1)c1ccc(-c2nc3ccccc3s2)o1. The largest absolute Gasteiger partial charge is 0.492 e. The number of aromatic nitrogens is 1. The number of carbonyl (C=O) groups is 1. The summed E-state index contributed by atoms with van der Waals surface area (Å²) in [5.74, 6) is 1.36. The lowest BCUT2D eigenvalue weighted by molar-refractivity contribution is 0.0920. The number of fused-ring (bicyclic) bond motifs is 1. The van der Waals surface area contributed by atoms with E-state index in [4.69, 9.17) is 9.15 Å². The highest BCUT2D eigenvalue weighted by molar-refractivity contribution is 7.21. The van der Waals surface area contributed by atoms with Gasteiger partial charge in [0.1, 0.15) is 12.4 Å². The summed E-state index contributed by atoms with van der Waals surface area (Å²) in [5.41, 5.74) is 0.924. The maximum atomic E-state index is 12.2. The van der Waals surface area contributed by atoms with Crippen molar-refractivity contribution in [3.05, 3.63) is 72.5 Å². The van der Waals surface area contributed by atoms with Gasteiger partial charge in [-0.1, -0.05) is 30.3 Å². The van der Waals surface area contributed by atoms with Crippen LogP contribution in [-0.2, 0) is 0 Å². The first-order chi connectivity index (χ1) is 12.8. The van der Waals surface area contributed by atoms with Crippen LogP contribution in [0.3, 0.4) is 0 Å².